The smallest absolute Gasteiger partial charge is 0.0628 e. The van der Waals surface area contributed by atoms with Crippen LogP contribution in [-0.4, -0.2) is 15.2 Å². The van der Waals surface area contributed by atoms with Crippen LogP contribution in [0.4, 0.5) is 0 Å². The topological polar surface area (TPSA) is 17.8 Å². The Bertz CT molecular complexity index is 430. The molecule has 0 bridgehead atoms. The Labute approximate surface area is 128 Å². The van der Waals surface area contributed by atoms with Gasteiger partial charge in [-0.2, -0.15) is 5.10 Å². The van der Waals surface area contributed by atoms with E-state index in [-0.39, 0.29) is 0 Å². The summed E-state index contributed by atoms with van der Waals surface area (Å²) in [5.41, 5.74) is 1.59. The van der Waals surface area contributed by atoms with E-state index in [0.29, 0.717) is 22.8 Å². The lowest BCUT2D eigenvalue weighted by atomic mass is 9.68. The summed E-state index contributed by atoms with van der Waals surface area (Å²) >= 11 is 6.58. The fourth-order valence-electron chi connectivity index (χ4n) is 3.27. The molecule has 1 fully saturated rings. The van der Waals surface area contributed by atoms with Crippen LogP contribution < -0.4 is 0 Å². The molecule has 2 rings (SSSR count). The number of hydrogen-bond donors (Lipinski definition) is 0. The van der Waals surface area contributed by atoms with Gasteiger partial charge in [0.25, 0.3) is 0 Å². The van der Waals surface area contributed by atoms with E-state index in [9.17, 15) is 0 Å². The van der Waals surface area contributed by atoms with E-state index in [4.69, 9.17) is 11.6 Å². The molecule has 0 aliphatic heterocycles. The van der Waals surface area contributed by atoms with Crippen molar-refractivity contribution in [2.75, 3.05) is 0 Å². The van der Waals surface area contributed by atoms with Gasteiger partial charge in [0.1, 0.15) is 0 Å². The van der Waals surface area contributed by atoms with Crippen molar-refractivity contribution in [1.82, 2.24) is 9.78 Å². The molecule has 0 amide bonds. The quantitative estimate of drug-likeness (QED) is 0.712. The zero-order valence-electron chi connectivity index (χ0n) is 13.6. The summed E-state index contributed by atoms with van der Waals surface area (Å²) in [7, 11) is 0. The molecule has 1 aliphatic rings. The Kier molecular flexibility index (Phi) is 4.84. The van der Waals surface area contributed by atoms with E-state index in [1.54, 1.807) is 0 Å². The molecule has 1 saturated carbocycles. The molecule has 0 saturated heterocycles. The first-order chi connectivity index (χ1) is 9.27. The van der Waals surface area contributed by atoms with Crippen LogP contribution in [0.3, 0.4) is 0 Å². The maximum absolute atomic E-state index is 6.58. The standard InChI is InChI=1S/C17H29ClN2/c1-12(2)20-9-8-15(19-20)11-13-10-14(17(3,4)5)6-7-16(13)18/h8-9,12-14,16H,6-7,10-11H2,1-5H3. The van der Waals surface area contributed by atoms with E-state index in [0.717, 1.165) is 18.8 Å². The Balaban J connectivity index is 2.02. The average molecular weight is 297 g/mol. The largest absolute Gasteiger partial charge is 0.270 e. The van der Waals surface area contributed by atoms with Gasteiger partial charge in [-0.3, -0.25) is 4.68 Å². The first-order valence-electron chi connectivity index (χ1n) is 7.95. The summed E-state index contributed by atoms with van der Waals surface area (Å²) < 4.78 is 2.04. The van der Waals surface area contributed by atoms with Gasteiger partial charge in [-0.15, -0.1) is 11.6 Å². The average Bonchev–Trinajstić information content (AvgIpc) is 2.79. The van der Waals surface area contributed by atoms with Gasteiger partial charge in [0, 0.05) is 17.6 Å². The monoisotopic (exact) mass is 296 g/mol. The van der Waals surface area contributed by atoms with E-state index in [1.807, 2.05) is 4.68 Å². The summed E-state index contributed by atoms with van der Waals surface area (Å²) in [6, 6.07) is 2.59. The lowest BCUT2D eigenvalue weighted by molar-refractivity contribution is 0.143. The lowest BCUT2D eigenvalue weighted by Crippen LogP contribution is -2.33. The number of hydrogen-bond acceptors (Lipinski definition) is 1. The lowest BCUT2D eigenvalue weighted by Gasteiger charge is -2.39. The van der Waals surface area contributed by atoms with Crippen LogP contribution in [0, 0.1) is 17.3 Å². The van der Waals surface area contributed by atoms with Crippen molar-refractivity contribution in [3.8, 4) is 0 Å². The number of nitrogens with zero attached hydrogens (tertiary/aromatic N) is 2. The summed E-state index contributed by atoms with van der Waals surface area (Å²) in [6.07, 6.45) is 6.79. The molecule has 3 heteroatoms. The van der Waals surface area contributed by atoms with Gasteiger partial charge in [-0.25, -0.2) is 0 Å². The third-order valence-corrected chi connectivity index (χ3v) is 5.35. The summed E-state index contributed by atoms with van der Waals surface area (Å²) in [6.45, 7) is 11.4. The third-order valence-electron chi connectivity index (χ3n) is 4.78. The summed E-state index contributed by atoms with van der Waals surface area (Å²) in [4.78, 5) is 0. The number of rotatable bonds is 3. The fourth-order valence-corrected chi connectivity index (χ4v) is 3.59. The molecule has 0 N–H and O–H groups in total. The zero-order valence-corrected chi connectivity index (χ0v) is 14.3. The van der Waals surface area contributed by atoms with Gasteiger partial charge in [0.2, 0.25) is 0 Å². The van der Waals surface area contributed by atoms with Crippen LogP contribution in [0.15, 0.2) is 12.3 Å². The normalized spacial score (nSPS) is 28.1. The molecule has 0 spiro atoms. The highest BCUT2D eigenvalue weighted by Gasteiger charge is 2.35. The molecule has 2 nitrogen and oxygen atoms in total. The van der Waals surface area contributed by atoms with Crippen molar-refractivity contribution in [1.29, 1.82) is 0 Å². The van der Waals surface area contributed by atoms with Gasteiger partial charge in [0.05, 0.1) is 5.69 Å². The highest BCUT2D eigenvalue weighted by molar-refractivity contribution is 6.20. The molecule has 1 aromatic rings. The zero-order chi connectivity index (χ0) is 14.9. The van der Waals surface area contributed by atoms with Crippen LogP contribution in [0.5, 0.6) is 0 Å². The highest BCUT2D eigenvalue weighted by Crippen LogP contribution is 2.42. The predicted molar refractivity (Wildman–Crippen MR) is 86.2 cm³/mol. The van der Waals surface area contributed by atoms with Crippen LogP contribution in [0.25, 0.3) is 0 Å². The summed E-state index contributed by atoms with van der Waals surface area (Å²) in [5, 5.41) is 5.00. The molecule has 3 unspecified atom stereocenters. The molecule has 114 valence electrons. The molecule has 20 heavy (non-hydrogen) atoms. The molecule has 0 aromatic carbocycles. The molecule has 1 aliphatic carbocycles. The Morgan fingerprint density at radius 2 is 2.05 bits per heavy atom. The van der Waals surface area contributed by atoms with Crippen molar-refractivity contribution in [3.63, 3.8) is 0 Å². The summed E-state index contributed by atoms with van der Waals surface area (Å²) in [5.74, 6) is 1.36. The maximum Gasteiger partial charge on any atom is 0.0628 e. The predicted octanol–water partition coefficient (Wildman–Crippen LogP) is 5.08. The molecule has 1 aromatic heterocycles. The second-order valence-electron chi connectivity index (χ2n) is 7.74. The Morgan fingerprint density at radius 1 is 1.35 bits per heavy atom. The van der Waals surface area contributed by atoms with Gasteiger partial charge in [-0.05, 0) is 62.8 Å². The van der Waals surface area contributed by atoms with Crippen molar-refractivity contribution >= 4 is 11.6 Å². The first-order valence-corrected chi connectivity index (χ1v) is 8.39. The Hall–Kier alpha value is -0.500. The van der Waals surface area contributed by atoms with Crippen LogP contribution >= 0.6 is 11.6 Å². The SMILES string of the molecule is CC(C)n1ccc(CC2CC(C(C)(C)C)CCC2Cl)n1. The molecular formula is C17H29ClN2. The van der Waals surface area contributed by atoms with Gasteiger partial charge in [0.15, 0.2) is 0 Å². The molecule has 1 heterocycles. The number of alkyl halides is 1. The number of aromatic nitrogens is 2. The van der Waals surface area contributed by atoms with Gasteiger partial charge >= 0.3 is 0 Å². The third kappa shape index (κ3) is 3.78. The van der Waals surface area contributed by atoms with E-state index >= 15 is 0 Å². The molecular weight excluding hydrogens is 268 g/mol. The maximum atomic E-state index is 6.58. The highest BCUT2D eigenvalue weighted by atomic mass is 35.5. The van der Waals surface area contributed by atoms with Crippen molar-refractivity contribution in [3.05, 3.63) is 18.0 Å². The van der Waals surface area contributed by atoms with Crippen molar-refractivity contribution in [2.24, 2.45) is 17.3 Å². The van der Waals surface area contributed by atoms with Gasteiger partial charge < -0.3 is 0 Å². The minimum atomic E-state index is 0.317. The van der Waals surface area contributed by atoms with Crippen LogP contribution in [-0.2, 0) is 6.42 Å². The van der Waals surface area contributed by atoms with Crippen LogP contribution in [0.2, 0.25) is 0 Å². The Morgan fingerprint density at radius 3 is 2.60 bits per heavy atom. The molecule has 0 radical (unpaired) electrons. The minimum Gasteiger partial charge on any atom is -0.270 e. The van der Waals surface area contributed by atoms with E-state index in [1.165, 1.54) is 18.5 Å². The fraction of sp³-hybridized carbons (Fsp3) is 0.824. The van der Waals surface area contributed by atoms with Crippen LogP contribution in [0.1, 0.15) is 65.6 Å². The second kappa shape index (κ2) is 6.09. The van der Waals surface area contributed by atoms with E-state index in [2.05, 4.69) is 52.0 Å². The van der Waals surface area contributed by atoms with Crippen molar-refractivity contribution in [2.45, 2.75) is 71.7 Å². The first kappa shape index (κ1) is 15.9. The minimum absolute atomic E-state index is 0.317. The molecule has 3 atom stereocenters. The van der Waals surface area contributed by atoms with Crippen molar-refractivity contribution < 1.29 is 0 Å². The van der Waals surface area contributed by atoms with E-state index < -0.39 is 0 Å². The van der Waals surface area contributed by atoms with Gasteiger partial charge in [-0.1, -0.05) is 20.8 Å². The second-order valence-corrected chi connectivity index (χ2v) is 8.30. The number of halogens is 1.